The molecule has 0 aliphatic carbocycles. The first kappa shape index (κ1) is 34.3. The first-order chi connectivity index (χ1) is 19.8. The van der Waals surface area contributed by atoms with E-state index in [9.17, 15) is 43.6 Å². The van der Waals surface area contributed by atoms with Gasteiger partial charge >= 0.3 is 12.1 Å². The van der Waals surface area contributed by atoms with Gasteiger partial charge in [0.2, 0.25) is 15.6 Å². The second-order valence-corrected chi connectivity index (χ2v) is 13.8. The standard InChI is InChI=1S/C24H31F5N4O8S2/c1-5-39-22-19(13-32(31-22)14-20(25)26)43(37,38)33-12-16(8-9-42(35,36)30-4)40-18-7-6-15(10-17(18)33)11-21(34)41-23(2,3)24(27,28)29/h6-7,10,13,16,20,30H,5,8-9,11-12,14H2,1-4H3/t16-/m0/s1. The first-order valence-electron chi connectivity index (χ1n) is 12.8. The van der Waals surface area contributed by atoms with E-state index in [1.165, 1.54) is 32.2 Å². The van der Waals surface area contributed by atoms with E-state index in [0.29, 0.717) is 18.5 Å². The average molecular weight is 663 g/mol. The number of anilines is 1. The van der Waals surface area contributed by atoms with Crippen molar-refractivity contribution in [2.24, 2.45) is 0 Å². The highest BCUT2D eigenvalue weighted by molar-refractivity contribution is 7.93. The number of nitrogens with one attached hydrogen (secondary N) is 1. The highest BCUT2D eigenvalue weighted by Crippen LogP contribution is 2.40. The normalized spacial score (nSPS) is 16.1. The molecule has 242 valence electrons. The van der Waals surface area contributed by atoms with Gasteiger partial charge in [0.05, 0.1) is 31.0 Å². The number of sulfonamides is 2. The molecule has 0 saturated carbocycles. The summed E-state index contributed by atoms with van der Waals surface area (Å²) >= 11 is 0. The molecule has 3 rings (SSSR count). The molecule has 0 unspecified atom stereocenters. The van der Waals surface area contributed by atoms with Gasteiger partial charge in [-0.25, -0.2) is 30.3 Å². The molecular formula is C24H31F5N4O8S2. The lowest BCUT2D eigenvalue weighted by Gasteiger charge is -2.35. The second kappa shape index (κ2) is 12.8. The third-order valence-electron chi connectivity index (χ3n) is 6.25. The van der Waals surface area contributed by atoms with E-state index in [4.69, 9.17) is 9.47 Å². The molecule has 12 nitrogen and oxygen atoms in total. The molecular weight excluding hydrogens is 631 g/mol. The number of carbonyl (C=O) groups is 1. The number of esters is 1. The zero-order valence-corrected chi connectivity index (χ0v) is 25.2. The molecule has 1 aromatic heterocycles. The van der Waals surface area contributed by atoms with Crippen LogP contribution in [0.1, 0.15) is 32.8 Å². The van der Waals surface area contributed by atoms with Crippen molar-refractivity contribution in [2.45, 2.75) is 69.4 Å². The van der Waals surface area contributed by atoms with Crippen LogP contribution in [0.15, 0.2) is 29.3 Å². The molecule has 43 heavy (non-hydrogen) atoms. The molecule has 1 aliphatic rings. The third-order valence-corrected chi connectivity index (χ3v) is 9.40. The van der Waals surface area contributed by atoms with Crippen molar-refractivity contribution in [3.05, 3.63) is 30.0 Å². The van der Waals surface area contributed by atoms with Crippen molar-refractivity contribution in [1.29, 1.82) is 0 Å². The number of halogens is 5. The van der Waals surface area contributed by atoms with Gasteiger partial charge in [0.1, 0.15) is 18.4 Å². The van der Waals surface area contributed by atoms with Gasteiger partial charge in [-0.15, -0.1) is 5.10 Å². The molecule has 0 fully saturated rings. The topological polar surface area (TPSA) is 146 Å². The maximum absolute atomic E-state index is 14.0. The van der Waals surface area contributed by atoms with Gasteiger partial charge in [-0.3, -0.25) is 13.8 Å². The van der Waals surface area contributed by atoms with Crippen LogP contribution in [0.3, 0.4) is 0 Å². The average Bonchev–Trinajstić information content (AvgIpc) is 3.28. The highest BCUT2D eigenvalue weighted by Gasteiger charge is 2.50. The largest absolute Gasteiger partial charge is 0.486 e. The Hall–Kier alpha value is -3.19. The highest BCUT2D eigenvalue weighted by atomic mass is 32.2. The maximum Gasteiger partial charge on any atom is 0.427 e. The van der Waals surface area contributed by atoms with Crippen molar-refractivity contribution in [3.63, 3.8) is 0 Å². The summed E-state index contributed by atoms with van der Waals surface area (Å²) in [5.74, 6) is -2.17. The van der Waals surface area contributed by atoms with E-state index in [2.05, 4.69) is 14.6 Å². The third kappa shape index (κ3) is 8.26. The van der Waals surface area contributed by atoms with E-state index in [-0.39, 0.29) is 30.0 Å². The van der Waals surface area contributed by atoms with Gasteiger partial charge in [0.15, 0.2) is 4.90 Å². The summed E-state index contributed by atoms with van der Waals surface area (Å²) in [7, 11) is -7.16. The van der Waals surface area contributed by atoms with Gasteiger partial charge in [-0.2, -0.15) is 13.2 Å². The molecule has 19 heteroatoms. The summed E-state index contributed by atoms with van der Waals surface area (Å²) in [6, 6.07) is 3.78. The minimum Gasteiger partial charge on any atom is -0.486 e. The summed E-state index contributed by atoms with van der Waals surface area (Å²) in [5.41, 5.74) is -2.86. The number of hydrogen-bond acceptors (Lipinski definition) is 9. The first-order valence-corrected chi connectivity index (χ1v) is 15.9. The van der Waals surface area contributed by atoms with Gasteiger partial charge < -0.3 is 14.2 Å². The van der Waals surface area contributed by atoms with E-state index >= 15 is 0 Å². The van der Waals surface area contributed by atoms with Crippen molar-refractivity contribution in [2.75, 3.05) is 30.3 Å². The number of rotatable bonds is 13. The van der Waals surface area contributed by atoms with Gasteiger partial charge in [-0.05, 0) is 45.5 Å². The summed E-state index contributed by atoms with van der Waals surface area (Å²) in [4.78, 5) is 11.8. The van der Waals surface area contributed by atoms with Crippen LogP contribution < -0.4 is 18.5 Å². The van der Waals surface area contributed by atoms with Crippen LogP contribution in [-0.2, 0) is 42.5 Å². The molecule has 0 bridgehead atoms. The number of ether oxygens (including phenoxy) is 3. The lowest BCUT2D eigenvalue weighted by molar-refractivity contribution is -0.257. The van der Waals surface area contributed by atoms with Crippen molar-refractivity contribution >= 4 is 31.7 Å². The molecule has 0 amide bonds. The summed E-state index contributed by atoms with van der Waals surface area (Å²) in [6.07, 6.45) is -8.67. The smallest absolute Gasteiger partial charge is 0.427 e. The van der Waals surface area contributed by atoms with Crippen LogP contribution in [-0.4, -0.2) is 82.8 Å². The van der Waals surface area contributed by atoms with Crippen LogP contribution in [0.25, 0.3) is 0 Å². The molecule has 1 aromatic carbocycles. The Kier molecular flexibility index (Phi) is 10.2. The zero-order valence-electron chi connectivity index (χ0n) is 23.5. The molecule has 2 heterocycles. The second-order valence-electron chi connectivity index (χ2n) is 9.89. The van der Waals surface area contributed by atoms with Crippen LogP contribution in [0.5, 0.6) is 11.6 Å². The fraction of sp³-hybridized carbons (Fsp3) is 0.583. The van der Waals surface area contributed by atoms with Crippen LogP contribution in [0.4, 0.5) is 27.6 Å². The Balaban J connectivity index is 2.04. The Morgan fingerprint density at radius 2 is 1.88 bits per heavy atom. The maximum atomic E-state index is 14.0. The Morgan fingerprint density at radius 1 is 1.21 bits per heavy atom. The Morgan fingerprint density at radius 3 is 2.47 bits per heavy atom. The summed E-state index contributed by atoms with van der Waals surface area (Å²) in [6.45, 7) is 1.45. The van der Waals surface area contributed by atoms with E-state index in [1.807, 2.05) is 0 Å². The lowest BCUT2D eigenvalue weighted by Crippen LogP contribution is -2.44. The number of carbonyl (C=O) groups excluding carboxylic acids is 1. The fourth-order valence-electron chi connectivity index (χ4n) is 3.93. The number of aromatic nitrogens is 2. The van der Waals surface area contributed by atoms with Gasteiger partial charge in [0, 0.05) is 12.6 Å². The quantitative estimate of drug-likeness (QED) is 0.253. The molecule has 2 aromatic rings. The predicted octanol–water partition coefficient (Wildman–Crippen LogP) is 2.87. The van der Waals surface area contributed by atoms with E-state index in [1.54, 1.807) is 0 Å². The molecule has 1 N–H and O–H groups in total. The SMILES string of the molecule is CCOc1nn(CC(F)F)cc1S(=O)(=O)N1C[C@H](CCS(=O)(=O)NC)Oc2ccc(CC(=O)OC(C)(C)C(F)(F)F)cc21. The predicted molar refractivity (Wildman–Crippen MR) is 142 cm³/mol. The number of fused-ring (bicyclic) bond motifs is 1. The van der Waals surface area contributed by atoms with Crippen molar-refractivity contribution in [1.82, 2.24) is 14.5 Å². The molecule has 1 atom stereocenters. The molecule has 0 saturated heterocycles. The van der Waals surface area contributed by atoms with Crippen LogP contribution >= 0.6 is 0 Å². The minimum absolute atomic E-state index is 0.0487. The zero-order chi connectivity index (χ0) is 32.4. The number of nitrogens with zero attached hydrogens (tertiary/aromatic N) is 3. The van der Waals surface area contributed by atoms with E-state index < -0.39 is 86.4 Å². The summed E-state index contributed by atoms with van der Waals surface area (Å²) < 4.78 is 137. The summed E-state index contributed by atoms with van der Waals surface area (Å²) in [5, 5.41) is 3.80. The number of benzene rings is 1. The van der Waals surface area contributed by atoms with Gasteiger partial charge in [0.25, 0.3) is 22.3 Å². The fourth-order valence-corrected chi connectivity index (χ4v) is 6.29. The van der Waals surface area contributed by atoms with Crippen LogP contribution in [0.2, 0.25) is 0 Å². The Labute approximate surface area is 245 Å². The van der Waals surface area contributed by atoms with Crippen LogP contribution in [0, 0.1) is 0 Å². The van der Waals surface area contributed by atoms with Gasteiger partial charge in [-0.1, -0.05) is 6.07 Å². The lowest BCUT2D eigenvalue weighted by atomic mass is 10.1. The number of alkyl halides is 5. The Bertz CT molecular complexity index is 1530. The van der Waals surface area contributed by atoms with Crippen molar-refractivity contribution < 1.29 is 57.8 Å². The number of hydrogen-bond donors (Lipinski definition) is 1. The molecule has 0 spiro atoms. The molecule has 0 radical (unpaired) electrons. The minimum atomic E-state index is -4.85. The van der Waals surface area contributed by atoms with E-state index in [0.717, 1.165) is 10.5 Å². The monoisotopic (exact) mass is 662 g/mol. The van der Waals surface area contributed by atoms with Crippen molar-refractivity contribution in [3.8, 4) is 11.6 Å². The molecule has 1 aliphatic heterocycles.